The molecule has 0 bridgehead atoms. The summed E-state index contributed by atoms with van der Waals surface area (Å²) in [5.41, 5.74) is -0.412. The molecule has 1 aliphatic carbocycles. The molecule has 0 saturated heterocycles. The number of nitrogens with zero attached hydrogens (tertiary/aromatic N) is 8. The zero-order valence-electron chi connectivity index (χ0n) is 36.3. The third-order valence-corrected chi connectivity index (χ3v) is 12.1. The van der Waals surface area contributed by atoms with Crippen LogP contribution in [-0.4, -0.2) is 77.8 Å². The van der Waals surface area contributed by atoms with Crippen molar-refractivity contribution in [3.8, 4) is 0 Å². The number of anilines is 1. The molecule has 5 aromatic carbocycles. The second kappa shape index (κ2) is 25.8. The van der Waals surface area contributed by atoms with Gasteiger partial charge >= 0.3 is 124 Å². The van der Waals surface area contributed by atoms with E-state index in [-0.39, 0.29) is 190 Å². The van der Waals surface area contributed by atoms with Gasteiger partial charge in [-0.25, -0.2) is 8.42 Å². The van der Waals surface area contributed by atoms with Crippen LogP contribution in [-0.2, 0) is 40.5 Å². The summed E-state index contributed by atoms with van der Waals surface area (Å²) >= 11 is 0. The number of benzene rings is 5. The SMILES string of the molecule is O=S(=O)([O-])c1ccc(N([O-])N=C2C=CC(=[N+]=Nc3ccc(C=Cc4ccc(N=[N+]([O-])c5ccc(N=[N+]([O-])c6ccc(S(=O)(=O)O)cc6)cc5)cc4S(=O)(=O)O)c(S(=O)(=O)O)c3)C=C2)cc1.[Na+].[Na+].[Na+].[Na+]. The van der Waals surface area contributed by atoms with Crippen molar-refractivity contribution in [3.05, 3.63) is 160 Å². The van der Waals surface area contributed by atoms with E-state index in [0.717, 1.165) is 78.9 Å². The van der Waals surface area contributed by atoms with Crippen LogP contribution in [0.5, 0.6) is 0 Å². The Kier molecular flexibility index (Phi) is 23.1. The quantitative estimate of drug-likeness (QED) is 0.0145. The van der Waals surface area contributed by atoms with E-state index in [1.807, 2.05) is 0 Å². The van der Waals surface area contributed by atoms with Crippen LogP contribution in [0.3, 0.4) is 0 Å². The Bertz CT molecular complexity index is 3430. The van der Waals surface area contributed by atoms with Crippen LogP contribution in [0.15, 0.2) is 174 Å². The molecule has 31 heteroatoms. The van der Waals surface area contributed by atoms with Gasteiger partial charge in [0.05, 0.1) is 20.3 Å². The van der Waals surface area contributed by atoms with E-state index in [2.05, 4.69) is 25.2 Å². The summed E-state index contributed by atoms with van der Waals surface area (Å²) in [6, 6.07) is 20.1. The Morgan fingerprint density at radius 1 is 0.536 bits per heavy atom. The fourth-order valence-electron chi connectivity index (χ4n) is 5.39. The van der Waals surface area contributed by atoms with Crippen LogP contribution in [0.1, 0.15) is 11.1 Å². The fourth-order valence-corrected chi connectivity index (χ4v) is 7.75. The molecular formula is C38H27N8Na4O15S4+3. The third-order valence-electron chi connectivity index (χ3n) is 8.51. The number of hydrogen-bond acceptors (Lipinski definition) is 17. The largest absolute Gasteiger partial charge is 1.00 e. The van der Waals surface area contributed by atoms with Gasteiger partial charge in [0.1, 0.15) is 36.4 Å². The molecule has 6 rings (SSSR count). The Morgan fingerprint density at radius 2 is 0.957 bits per heavy atom. The maximum atomic E-state index is 12.9. The van der Waals surface area contributed by atoms with Gasteiger partial charge in [-0.1, -0.05) is 34.0 Å². The Labute approximate surface area is 482 Å². The zero-order valence-corrected chi connectivity index (χ0v) is 47.6. The van der Waals surface area contributed by atoms with Crippen LogP contribution >= 0.6 is 0 Å². The van der Waals surface area contributed by atoms with E-state index in [1.165, 1.54) is 66.8 Å². The van der Waals surface area contributed by atoms with E-state index in [0.29, 0.717) is 0 Å². The number of hydrazone groups is 1. The van der Waals surface area contributed by atoms with Gasteiger partial charge in [-0.15, -0.1) is 0 Å². The molecule has 0 aromatic heterocycles. The molecule has 69 heavy (non-hydrogen) atoms. The van der Waals surface area contributed by atoms with E-state index in [1.54, 1.807) is 0 Å². The predicted octanol–water partition coefficient (Wildman–Crippen LogP) is -5.41. The molecule has 3 N–H and O–H groups in total. The van der Waals surface area contributed by atoms with Gasteiger partial charge in [-0.3, -0.25) is 13.7 Å². The van der Waals surface area contributed by atoms with Crippen molar-refractivity contribution in [1.29, 1.82) is 0 Å². The second-order valence-electron chi connectivity index (χ2n) is 13.0. The first kappa shape index (κ1) is 61.7. The molecule has 1 aliphatic rings. The second-order valence-corrected chi connectivity index (χ2v) is 18.6. The molecule has 334 valence electrons. The Balaban J connectivity index is 0.00000408. The van der Waals surface area contributed by atoms with Crippen molar-refractivity contribution in [1.82, 2.24) is 0 Å². The number of azo groups is 2. The summed E-state index contributed by atoms with van der Waals surface area (Å²) in [6.07, 6.45) is 7.83. The minimum Gasteiger partial charge on any atom is -0.744 e. The van der Waals surface area contributed by atoms with E-state index in [4.69, 9.17) is 4.55 Å². The van der Waals surface area contributed by atoms with Gasteiger partial charge in [0.25, 0.3) is 30.4 Å². The van der Waals surface area contributed by atoms with E-state index in [9.17, 15) is 63.0 Å². The zero-order chi connectivity index (χ0) is 47.3. The van der Waals surface area contributed by atoms with Crippen molar-refractivity contribution in [3.63, 3.8) is 0 Å². The van der Waals surface area contributed by atoms with E-state index < -0.39 is 60.1 Å². The summed E-state index contributed by atoms with van der Waals surface area (Å²) in [4.78, 5) is 1.92. The van der Waals surface area contributed by atoms with Crippen LogP contribution in [0.2, 0.25) is 0 Å². The molecule has 0 aliphatic heterocycles. The molecule has 0 spiro atoms. The molecule has 0 amide bonds. The van der Waals surface area contributed by atoms with Crippen LogP contribution in [0, 0.1) is 15.6 Å². The van der Waals surface area contributed by atoms with E-state index >= 15 is 0 Å². The van der Waals surface area contributed by atoms with Gasteiger partial charge in [-0.05, 0) is 96.1 Å². The molecule has 0 unspecified atom stereocenters. The summed E-state index contributed by atoms with van der Waals surface area (Å²) < 4.78 is 134. The first-order valence-corrected chi connectivity index (χ1v) is 23.4. The predicted molar refractivity (Wildman–Crippen MR) is 228 cm³/mol. The Morgan fingerprint density at radius 3 is 1.42 bits per heavy atom. The molecule has 23 nitrogen and oxygen atoms in total. The van der Waals surface area contributed by atoms with Crippen LogP contribution in [0.4, 0.5) is 34.1 Å². The summed E-state index contributed by atoms with van der Waals surface area (Å²) in [5.74, 6) is 0. The smallest absolute Gasteiger partial charge is 0.744 e. The number of rotatable bonds is 13. The normalized spacial score (nSPS) is 13.0. The molecule has 0 radical (unpaired) electrons. The molecular weight excluding hydrogens is 1030 g/mol. The molecule has 0 heterocycles. The first-order valence-electron chi connectivity index (χ1n) is 17.7. The third kappa shape index (κ3) is 17.4. The van der Waals surface area contributed by atoms with Gasteiger partial charge in [0.2, 0.25) is 11.4 Å². The summed E-state index contributed by atoms with van der Waals surface area (Å²) in [7, 11) is -19.1. The van der Waals surface area contributed by atoms with Gasteiger partial charge in [-0.2, -0.15) is 30.4 Å². The molecule has 5 aromatic rings. The van der Waals surface area contributed by atoms with Gasteiger partial charge in [0, 0.05) is 52.3 Å². The average molecular weight is 1060 g/mol. The summed E-state index contributed by atoms with van der Waals surface area (Å²) in [5, 5.41) is 53.3. The average Bonchev–Trinajstić information content (AvgIpc) is 3.25. The van der Waals surface area contributed by atoms with Crippen LogP contribution in [0.25, 0.3) is 12.2 Å². The van der Waals surface area contributed by atoms with Crippen molar-refractivity contribution in [2.75, 3.05) is 5.17 Å². The molecule has 0 saturated carbocycles. The maximum Gasteiger partial charge on any atom is 1.00 e. The number of hydrogen-bond donors (Lipinski definition) is 3. The molecule has 0 fully saturated rings. The standard InChI is InChI=1S/C38H28N8O15S4.4Na/c47-44(33-15-19-35(20-16-33)62(50,51)52)41-28-9-7-27(8-10-28)39-40-30-5-3-25(37(23-30)64(56,57)58)1-2-26-4-6-31(24-38(26)65(59,60)61)43-46(49)32-13-11-29(12-14-32)42-45(48)34-17-21-36(22-18-34)63(53,54)55;;;;/h1-24H,(H4-,41,47,50,51,52,53,54,55,56,57,58,59,60,61);;;;/q;4*+1/p-1. The van der Waals surface area contributed by atoms with Crippen LogP contribution < -0.4 is 123 Å². The van der Waals surface area contributed by atoms with Gasteiger partial charge < -0.3 is 25.3 Å². The monoisotopic (exact) mass is 1060 g/mol. The fraction of sp³-hybridized carbons (Fsp3) is 0. The van der Waals surface area contributed by atoms with Crippen molar-refractivity contribution < 1.29 is 185 Å². The number of allylic oxidation sites excluding steroid dienone is 4. The van der Waals surface area contributed by atoms with Gasteiger partial charge in [0.15, 0.2) is 5.69 Å². The first-order chi connectivity index (χ1) is 30.4. The van der Waals surface area contributed by atoms with Crippen molar-refractivity contribution in [2.24, 2.45) is 20.4 Å². The summed E-state index contributed by atoms with van der Waals surface area (Å²) in [6.45, 7) is 0. The van der Waals surface area contributed by atoms with Crippen molar-refractivity contribution >= 4 is 98.2 Å². The maximum absolute atomic E-state index is 12.9. The van der Waals surface area contributed by atoms with Crippen molar-refractivity contribution in [2.45, 2.75) is 19.6 Å². The Hall–Kier alpha value is -3.43. The minimum absolute atomic E-state index is 0. The topological polar surface area (TPSA) is 362 Å². The molecule has 0 atom stereocenters. The minimum atomic E-state index is -4.98.